The van der Waals surface area contributed by atoms with Crippen molar-refractivity contribution in [1.82, 2.24) is 4.98 Å². The lowest BCUT2D eigenvalue weighted by molar-refractivity contribution is -0.114. The van der Waals surface area contributed by atoms with Crippen molar-refractivity contribution in [3.05, 3.63) is 48.2 Å². The number of nitrogens with zero attached hydrogens (tertiary/aromatic N) is 1. The zero-order chi connectivity index (χ0) is 15.9. The van der Waals surface area contributed by atoms with Crippen LogP contribution >= 0.6 is 0 Å². The maximum absolute atomic E-state index is 12.3. The van der Waals surface area contributed by atoms with Crippen LogP contribution in [0.15, 0.2) is 42.6 Å². The van der Waals surface area contributed by atoms with E-state index >= 15 is 0 Å². The van der Waals surface area contributed by atoms with E-state index in [2.05, 4.69) is 15.6 Å². The monoisotopic (exact) mass is 299 g/mol. The molecule has 0 aliphatic heterocycles. The second-order valence-corrected chi connectivity index (χ2v) is 4.51. The van der Waals surface area contributed by atoms with E-state index in [-0.39, 0.29) is 11.8 Å². The Bertz CT molecular complexity index is 686. The lowest BCUT2D eigenvalue weighted by Gasteiger charge is -2.10. The predicted octanol–water partition coefficient (Wildman–Crippen LogP) is 2.69. The normalized spacial score (nSPS) is 9.91. The lowest BCUT2D eigenvalue weighted by atomic mass is 10.2. The predicted molar refractivity (Wildman–Crippen MR) is 84.1 cm³/mol. The summed E-state index contributed by atoms with van der Waals surface area (Å²) in [5.41, 5.74) is 1.54. The summed E-state index contributed by atoms with van der Waals surface area (Å²) in [6.07, 6.45) is 1.57. The van der Waals surface area contributed by atoms with Crippen LogP contribution in [-0.2, 0) is 4.79 Å². The molecule has 0 saturated carbocycles. The second-order valence-electron chi connectivity index (χ2n) is 4.51. The number of amides is 2. The van der Waals surface area contributed by atoms with Crippen LogP contribution in [0.2, 0.25) is 0 Å². The molecule has 1 aromatic carbocycles. The minimum Gasteiger partial charge on any atom is -0.477 e. The summed E-state index contributed by atoms with van der Waals surface area (Å²) in [6.45, 7) is 3.68. The number of aromatic nitrogens is 1. The van der Waals surface area contributed by atoms with Gasteiger partial charge in [0.25, 0.3) is 5.91 Å². The fraction of sp³-hybridized carbons (Fsp3) is 0.188. The van der Waals surface area contributed by atoms with Gasteiger partial charge in [-0.15, -0.1) is 0 Å². The number of hydrogen-bond donors (Lipinski definition) is 2. The molecule has 0 aliphatic rings. The van der Waals surface area contributed by atoms with Crippen molar-refractivity contribution in [1.29, 1.82) is 0 Å². The van der Waals surface area contributed by atoms with Gasteiger partial charge < -0.3 is 15.4 Å². The van der Waals surface area contributed by atoms with Gasteiger partial charge in [-0.05, 0) is 37.3 Å². The largest absolute Gasteiger partial charge is 0.477 e. The highest BCUT2D eigenvalue weighted by atomic mass is 16.5. The SMILES string of the molecule is CCOc1ncccc1C(=O)Nc1cccc(NC(C)=O)c1. The molecule has 2 aromatic rings. The number of ether oxygens (including phenoxy) is 1. The Kier molecular flexibility index (Phi) is 5.08. The number of carbonyl (C=O) groups is 2. The Morgan fingerprint density at radius 2 is 1.86 bits per heavy atom. The summed E-state index contributed by atoms with van der Waals surface area (Å²) >= 11 is 0. The highest BCUT2D eigenvalue weighted by Crippen LogP contribution is 2.19. The van der Waals surface area contributed by atoms with Crippen LogP contribution < -0.4 is 15.4 Å². The van der Waals surface area contributed by atoms with Gasteiger partial charge in [0.15, 0.2) is 0 Å². The topological polar surface area (TPSA) is 80.3 Å². The Hall–Kier alpha value is -2.89. The van der Waals surface area contributed by atoms with Gasteiger partial charge in [-0.25, -0.2) is 4.98 Å². The summed E-state index contributed by atoms with van der Waals surface area (Å²) in [6, 6.07) is 10.2. The first-order valence-corrected chi connectivity index (χ1v) is 6.87. The number of anilines is 2. The van der Waals surface area contributed by atoms with E-state index in [1.807, 2.05) is 6.92 Å². The quantitative estimate of drug-likeness (QED) is 0.889. The zero-order valence-corrected chi connectivity index (χ0v) is 12.4. The third kappa shape index (κ3) is 4.05. The molecular formula is C16H17N3O3. The molecule has 0 radical (unpaired) electrons. The fourth-order valence-electron chi connectivity index (χ4n) is 1.89. The molecule has 0 fully saturated rings. The second kappa shape index (κ2) is 7.21. The number of pyridine rings is 1. The molecule has 0 spiro atoms. The van der Waals surface area contributed by atoms with Crippen molar-refractivity contribution in [3.63, 3.8) is 0 Å². The van der Waals surface area contributed by atoms with E-state index < -0.39 is 0 Å². The number of hydrogen-bond acceptors (Lipinski definition) is 4. The van der Waals surface area contributed by atoms with Gasteiger partial charge in [0.1, 0.15) is 5.56 Å². The average molecular weight is 299 g/mol. The van der Waals surface area contributed by atoms with Gasteiger partial charge in [-0.1, -0.05) is 6.07 Å². The van der Waals surface area contributed by atoms with E-state index in [0.717, 1.165) is 0 Å². The zero-order valence-electron chi connectivity index (χ0n) is 12.4. The average Bonchev–Trinajstić information content (AvgIpc) is 2.47. The first kappa shape index (κ1) is 15.5. The number of nitrogens with one attached hydrogen (secondary N) is 2. The molecule has 22 heavy (non-hydrogen) atoms. The Labute approximate surface area is 128 Å². The molecule has 2 rings (SSSR count). The third-order valence-electron chi connectivity index (χ3n) is 2.74. The van der Waals surface area contributed by atoms with Crippen molar-refractivity contribution >= 4 is 23.2 Å². The number of rotatable bonds is 5. The Morgan fingerprint density at radius 1 is 1.14 bits per heavy atom. The van der Waals surface area contributed by atoms with Gasteiger partial charge in [-0.2, -0.15) is 0 Å². The standard InChI is InChI=1S/C16H17N3O3/c1-3-22-16-14(8-5-9-17-16)15(21)19-13-7-4-6-12(10-13)18-11(2)20/h4-10H,3H2,1-2H3,(H,18,20)(H,19,21). The van der Waals surface area contributed by atoms with Gasteiger partial charge in [0, 0.05) is 24.5 Å². The Balaban J connectivity index is 2.17. The maximum atomic E-state index is 12.3. The van der Waals surface area contributed by atoms with Crippen LogP contribution in [0.1, 0.15) is 24.2 Å². The summed E-state index contributed by atoms with van der Waals surface area (Å²) < 4.78 is 5.34. The van der Waals surface area contributed by atoms with E-state index in [1.54, 1.807) is 42.6 Å². The van der Waals surface area contributed by atoms with Crippen LogP contribution in [0.25, 0.3) is 0 Å². The molecule has 0 atom stereocenters. The Morgan fingerprint density at radius 3 is 2.55 bits per heavy atom. The highest BCUT2D eigenvalue weighted by Gasteiger charge is 2.13. The van der Waals surface area contributed by atoms with Gasteiger partial charge in [0.2, 0.25) is 11.8 Å². The van der Waals surface area contributed by atoms with E-state index in [1.165, 1.54) is 6.92 Å². The molecule has 2 amide bonds. The van der Waals surface area contributed by atoms with Crippen molar-refractivity contribution in [2.75, 3.05) is 17.2 Å². The third-order valence-corrected chi connectivity index (χ3v) is 2.74. The summed E-state index contributed by atoms with van der Waals surface area (Å²) in [5, 5.41) is 5.42. The molecule has 0 bridgehead atoms. The van der Waals surface area contributed by atoms with Gasteiger partial charge >= 0.3 is 0 Å². The molecule has 0 unspecified atom stereocenters. The van der Waals surface area contributed by atoms with Crippen molar-refractivity contribution in [3.8, 4) is 5.88 Å². The fourth-order valence-corrected chi connectivity index (χ4v) is 1.89. The number of benzene rings is 1. The summed E-state index contributed by atoms with van der Waals surface area (Å²) in [5.74, 6) is -0.202. The van der Waals surface area contributed by atoms with Crippen molar-refractivity contribution in [2.45, 2.75) is 13.8 Å². The molecular weight excluding hydrogens is 282 g/mol. The summed E-state index contributed by atoms with van der Waals surface area (Å²) in [7, 11) is 0. The molecule has 1 heterocycles. The van der Waals surface area contributed by atoms with E-state index in [9.17, 15) is 9.59 Å². The van der Waals surface area contributed by atoms with Crippen molar-refractivity contribution < 1.29 is 14.3 Å². The van der Waals surface area contributed by atoms with Crippen LogP contribution in [0, 0.1) is 0 Å². The van der Waals surface area contributed by atoms with Crippen LogP contribution in [0.3, 0.4) is 0 Å². The lowest BCUT2D eigenvalue weighted by Crippen LogP contribution is -2.14. The van der Waals surface area contributed by atoms with Crippen molar-refractivity contribution in [2.24, 2.45) is 0 Å². The molecule has 6 nitrogen and oxygen atoms in total. The molecule has 114 valence electrons. The summed E-state index contributed by atoms with van der Waals surface area (Å²) in [4.78, 5) is 27.4. The smallest absolute Gasteiger partial charge is 0.261 e. The van der Waals surface area contributed by atoms with Crippen LogP contribution in [0.4, 0.5) is 11.4 Å². The molecule has 0 aliphatic carbocycles. The highest BCUT2D eigenvalue weighted by molar-refractivity contribution is 6.06. The maximum Gasteiger partial charge on any atom is 0.261 e. The van der Waals surface area contributed by atoms with Crippen LogP contribution in [0.5, 0.6) is 5.88 Å². The first-order valence-electron chi connectivity index (χ1n) is 6.87. The minimum absolute atomic E-state index is 0.172. The molecule has 1 aromatic heterocycles. The van der Waals surface area contributed by atoms with Crippen LogP contribution in [-0.4, -0.2) is 23.4 Å². The van der Waals surface area contributed by atoms with Gasteiger partial charge in [-0.3, -0.25) is 9.59 Å². The molecule has 6 heteroatoms. The van der Waals surface area contributed by atoms with E-state index in [4.69, 9.17) is 4.74 Å². The molecule has 2 N–H and O–H groups in total. The molecule has 0 saturated heterocycles. The number of carbonyl (C=O) groups excluding carboxylic acids is 2. The van der Waals surface area contributed by atoms with E-state index in [0.29, 0.717) is 29.4 Å². The minimum atomic E-state index is -0.323. The first-order chi connectivity index (χ1) is 10.6. The van der Waals surface area contributed by atoms with Gasteiger partial charge in [0.05, 0.1) is 6.61 Å².